The molecule has 2 aliphatic rings. The lowest BCUT2D eigenvalue weighted by atomic mass is 9.82. The molecule has 0 radical (unpaired) electrons. The Hall–Kier alpha value is -1.88. The van der Waals surface area contributed by atoms with Gasteiger partial charge in [-0.3, -0.25) is 9.69 Å². The minimum absolute atomic E-state index is 0.122. The van der Waals surface area contributed by atoms with Crippen LogP contribution in [0.15, 0.2) is 18.2 Å². The molecule has 1 aromatic rings. The Morgan fingerprint density at radius 3 is 2.62 bits per heavy atom. The second-order valence-corrected chi connectivity index (χ2v) is 6.83. The number of nitrogens with zero attached hydrogens (tertiary/aromatic N) is 1. The average Bonchev–Trinajstić information content (AvgIpc) is 2.86. The molecule has 1 aliphatic heterocycles. The molecule has 1 unspecified atom stereocenters. The fourth-order valence-electron chi connectivity index (χ4n) is 3.88. The van der Waals surface area contributed by atoms with E-state index < -0.39 is 5.54 Å². The molecule has 5 nitrogen and oxygen atoms in total. The Balaban J connectivity index is 1.89. The smallest absolute Gasteiger partial charge is 0.325 e. The Labute approximate surface area is 143 Å². The number of carbonyl (C=O) groups excluding carboxylic acids is 2. The summed E-state index contributed by atoms with van der Waals surface area (Å²) in [6.07, 6.45) is 6.72. The van der Waals surface area contributed by atoms with Crippen LogP contribution < -0.4 is 11.1 Å². The molecule has 3 rings (SSSR count). The van der Waals surface area contributed by atoms with Gasteiger partial charge >= 0.3 is 6.03 Å². The number of aryl methyl sites for hydroxylation is 2. The molecule has 5 heteroatoms. The fourth-order valence-corrected chi connectivity index (χ4v) is 3.88. The van der Waals surface area contributed by atoms with Crippen LogP contribution in [0.25, 0.3) is 0 Å². The number of urea groups is 1. The van der Waals surface area contributed by atoms with Crippen LogP contribution in [0.3, 0.4) is 0 Å². The first-order chi connectivity index (χ1) is 11.6. The number of hydrogen-bond donors (Lipinski definition) is 2. The fraction of sp³-hybridized carbons (Fsp3) is 0.579. The van der Waals surface area contributed by atoms with E-state index in [1.165, 1.54) is 28.9 Å². The number of nitrogens with two attached hydrogens (primary N) is 1. The summed E-state index contributed by atoms with van der Waals surface area (Å²) in [7, 11) is 0. The molecule has 1 fully saturated rings. The molecule has 1 saturated heterocycles. The van der Waals surface area contributed by atoms with Crippen molar-refractivity contribution in [2.24, 2.45) is 5.73 Å². The first kappa shape index (κ1) is 17.0. The van der Waals surface area contributed by atoms with Gasteiger partial charge in [0.15, 0.2) is 0 Å². The lowest BCUT2D eigenvalue weighted by Crippen LogP contribution is -2.43. The first-order valence-corrected chi connectivity index (χ1v) is 9.09. The summed E-state index contributed by atoms with van der Waals surface area (Å²) >= 11 is 0. The molecule has 1 heterocycles. The van der Waals surface area contributed by atoms with Crippen LogP contribution in [0.5, 0.6) is 0 Å². The summed E-state index contributed by atoms with van der Waals surface area (Å²) in [4.78, 5) is 26.8. The van der Waals surface area contributed by atoms with Crippen LogP contribution in [0.1, 0.15) is 55.7 Å². The Morgan fingerprint density at radius 2 is 1.92 bits per heavy atom. The first-order valence-electron chi connectivity index (χ1n) is 9.09. The van der Waals surface area contributed by atoms with Gasteiger partial charge < -0.3 is 11.1 Å². The Morgan fingerprint density at radius 1 is 1.17 bits per heavy atom. The highest BCUT2D eigenvalue weighted by molar-refractivity contribution is 6.07. The van der Waals surface area contributed by atoms with E-state index in [2.05, 4.69) is 17.4 Å². The summed E-state index contributed by atoms with van der Waals surface area (Å²) in [5, 5.41) is 2.97. The van der Waals surface area contributed by atoms with Crippen molar-refractivity contribution in [1.29, 1.82) is 0 Å². The SMILES string of the molecule is CCC1(c2ccc3c(c2)CCCC3)NC(=O)N(CCCCN)C1=O. The van der Waals surface area contributed by atoms with Crippen LogP contribution in [0.4, 0.5) is 4.79 Å². The monoisotopic (exact) mass is 329 g/mol. The number of fused-ring (bicyclic) bond motifs is 1. The standard InChI is InChI=1S/C19H27N3O2/c1-2-19(16-10-9-14-7-3-4-8-15(14)13-16)17(23)22(18(24)21-19)12-6-5-11-20/h9-10,13H,2-8,11-12,20H2,1H3,(H,21,24). The van der Waals surface area contributed by atoms with Crippen LogP contribution in [-0.2, 0) is 23.2 Å². The van der Waals surface area contributed by atoms with Crippen LogP contribution in [-0.4, -0.2) is 29.9 Å². The number of benzene rings is 1. The summed E-state index contributed by atoms with van der Waals surface area (Å²) in [6, 6.07) is 6.02. The lowest BCUT2D eigenvalue weighted by Gasteiger charge is -2.28. The van der Waals surface area contributed by atoms with E-state index in [9.17, 15) is 9.59 Å². The quantitative estimate of drug-likeness (QED) is 0.622. The maximum Gasteiger partial charge on any atom is 0.325 e. The Bertz CT molecular complexity index is 643. The molecule has 1 aromatic carbocycles. The van der Waals surface area contributed by atoms with E-state index in [-0.39, 0.29) is 11.9 Å². The van der Waals surface area contributed by atoms with Crippen molar-refractivity contribution < 1.29 is 9.59 Å². The van der Waals surface area contributed by atoms with Crippen LogP contribution in [0, 0.1) is 0 Å². The van der Waals surface area contributed by atoms with Crippen LogP contribution in [0.2, 0.25) is 0 Å². The number of imide groups is 1. The minimum Gasteiger partial charge on any atom is -0.330 e. The molecule has 1 aliphatic carbocycles. The van der Waals surface area contributed by atoms with Gasteiger partial charge in [0, 0.05) is 6.54 Å². The zero-order chi connectivity index (χ0) is 17.2. The van der Waals surface area contributed by atoms with Gasteiger partial charge in [-0.1, -0.05) is 25.1 Å². The topological polar surface area (TPSA) is 75.4 Å². The predicted molar refractivity (Wildman–Crippen MR) is 93.6 cm³/mol. The maximum atomic E-state index is 13.0. The highest BCUT2D eigenvalue weighted by Gasteiger charge is 2.51. The maximum absolute atomic E-state index is 13.0. The molecular formula is C19H27N3O2. The molecule has 1 atom stereocenters. The van der Waals surface area contributed by atoms with Crippen molar-refractivity contribution in [2.75, 3.05) is 13.1 Å². The second kappa shape index (κ2) is 6.93. The molecule has 0 saturated carbocycles. The van der Waals surface area contributed by atoms with E-state index in [1.54, 1.807) is 0 Å². The molecule has 0 bridgehead atoms. The van der Waals surface area contributed by atoms with Crippen LogP contribution >= 0.6 is 0 Å². The number of carbonyl (C=O) groups is 2. The third-order valence-corrected chi connectivity index (χ3v) is 5.38. The van der Waals surface area contributed by atoms with Gasteiger partial charge in [0.1, 0.15) is 5.54 Å². The summed E-state index contributed by atoms with van der Waals surface area (Å²) in [5.74, 6) is -0.122. The molecule has 24 heavy (non-hydrogen) atoms. The van der Waals surface area contributed by atoms with Gasteiger partial charge in [-0.05, 0) is 68.2 Å². The van der Waals surface area contributed by atoms with E-state index in [4.69, 9.17) is 5.73 Å². The lowest BCUT2D eigenvalue weighted by molar-refractivity contribution is -0.131. The van der Waals surface area contributed by atoms with Gasteiger partial charge in [-0.15, -0.1) is 0 Å². The molecular weight excluding hydrogens is 302 g/mol. The molecule has 0 spiro atoms. The second-order valence-electron chi connectivity index (χ2n) is 6.83. The number of rotatable bonds is 6. The highest BCUT2D eigenvalue weighted by Crippen LogP contribution is 2.35. The molecule has 3 amide bonds. The number of unbranched alkanes of at least 4 members (excludes halogenated alkanes) is 1. The van der Waals surface area contributed by atoms with Gasteiger partial charge in [0.05, 0.1) is 0 Å². The predicted octanol–water partition coefficient (Wildman–Crippen LogP) is 2.46. The summed E-state index contributed by atoms with van der Waals surface area (Å²) < 4.78 is 0. The highest BCUT2D eigenvalue weighted by atomic mass is 16.2. The number of hydrogen-bond acceptors (Lipinski definition) is 3. The van der Waals surface area contributed by atoms with Crippen molar-refractivity contribution in [1.82, 2.24) is 10.2 Å². The number of nitrogens with one attached hydrogen (secondary N) is 1. The van der Waals surface area contributed by atoms with Crippen molar-refractivity contribution in [3.05, 3.63) is 34.9 Å². The largest absolute Gasteiger partial charge is 0.330 e. The van der Waals surface area contributed by atoms with Crippen molar-refractivity contribution in [3.8, 4) is 0 Å². The zero-order valence-corrected chi connectivity index (χ0v) is 14.4. The van der Waals surface area contributed by atoms with E-state index in [1.807, 2.05) is 13.0 Å². The Kier molecular flexibility index (Phi) is 4.90. The van der Waals surface area contributed by atoms with Gasteiger partial charge in [0.25, 0.3) is 5.91 Å². The number of amides is 3. The molecule has 130 valence electrons. The van der Waals surface area contributed by atoms with Crippen molar-refractivity contribution in [2.45, 2.75) is 57.4 Å². The zero-order valence-electron chi connectivity index (χ0n) is 14.4. The van der Waals surface area contributed by atoms with Gasteiger partial charge in [0.2, 0.25) is 0 Å². The third kappa shape index (κ3) is 2.81. The van der Waals surface area contributed by atoms with E-state index in [0.29, 0.717) is 19.5 Å². The average molecular weight is 329 g/mol. The van der Waals surface area contributed by atoms with E-state index >= 15 is 0 Å². The van der Waals surface area contributed by atoms with Crippen molar-refractivity contribution >= 4 is 11.9 Å². The normalized spacial score (nSPS) is 23.3. The van der Waals surface area contributed by atoms with Gasteiger partial charge in [-0.2, -0.15) is 0 Å². The van der Waals surface area contributed by atoms with Crippen molar-refractivity contribution in [3.63, 3.8) is 0 Å². The summed E-state index contributed by atoms with van der Waals surface area (Å²) in [5.41, 5.74) is 8.24. The molecule has 3 N–H and O–H groups in total. The van der Waals surface area contributed by atoms with E-state index in [0.717, 1.165) is 31.2 Å². The molecule has 0 aromatic heterocycles. The summed E-state index contributed by atoms with van der Waals surface area (Å²) in [6.45, 7) is 2.98. The minimum atomic E-state index is -0.910. The van der Waals surface area contributed by atoms with Gasteiger partial charge in [-0.25, -0.2) is 4.79 Å². The third-order valence-electron chi connectivity index (χ3n) is 5.38.